The molecule has 2 aliphatic heterocycles. The van der Waals surface area contributed by atoms with Crippen LogP contribution in [0.3, 0.4) is 0 Å². The van der Waals surface area contributed by atoms with Gasteiger partial charge < -0.3 is 10.2 Å². The van der Waals surface area contributed by atoms with Crippen LogP contribution in [0.4, 0.5) is 0 Å². The normalized spacial score (nSPS) is 32.5. The Bertz CT molecular complexity index is 770. The van der Waals surface area contributed by atoms with Gasteiger partial charge in [0, 0.05) is 39.3 Å². The molecule has 3 aliphatic rings. The smallest absolute Gasteiger partial charge is 0.158 e. The maximum Gasteiger partial charge on any atom is 0.158 e. The molecule has 0 amide bonds. The van der Waals surface area contributed by atoms with E-state index in [0.29, 0.717) is 10.5 Å². The number of thioether (sulfide) groups is 1. The molecule has 2 heterocycles. The lowest BCUT2D eigenvalue weighted by Crippen LogP contribution is -2.41. The van der Waals surface area contributed by atoms with E-state index in [-0.39, 0.29) is 16.9 Å². The van der Waals surface area contributed by atoms with E-state index in [4.69, 9.17) is 16.6 Å². The van der Waals surface area contributed by atoms with Crippen molar-refractivity contribution in [3.05, 3.63) is 41.1 Å². The first-order chi connectivity index (χ1) is 11.0. The third kappa shape index (κ3) is 2.31. The third-order valence-corrected chi connectivity index (χ3v) is 6.97. The summed E-state index contributed by atoms with van der Waals surface area (Å²) in [5.41, 5.74) is 3.29. The van der Waals surface area contributed by atoms with E-state index in [1.165, 1.54) is 11.8 Å². The van der Waals surface area contributed by atoms with Crippen molar-refractivity contribution in [2.75, 3.05) is 0 Å². The number of hydrogen-bond donors (Lipinski definition) is 2. The first-order valence-corrected chi connectivity index (χ1v) is 9.11. The predicted molar refractivity (Wildman–Crippen MR) is 96.2 cm³/mol. The van der Waals surface area contributed by atoms with Gasteiger partial charge in [0.05, 0.1) is 0 Å². The molecule has 1 fully saturated rings. The highest BCUT2D eigenvalue weighted by molar-refractivity contribution is 8.01. The number of nitrogens with zero attached hydrogens (tertiary/aromatic N) is 1. The minimum absolute atomic E-state index is 0.0417. The van der Waals surface area contributed by atoms with Crippen LogP contribution < -0.4 is 0 Å². The van der Waals surface area contributed by atoms with Crippen LogP contribution in [0.5, 0.6) is 11.5 Å². The van der Waals surface area contributed by atoms with Gasteiger partial charge in [-0.05, 0) is 36.1 Å². The molecule has 3 unspecified atom stereocenters. The van der Waals surface area contributed by atoms with Crippen LogP contribution in [-0.4, -0.2) is 26.4 Å². The second kappa shape index (κ2) is 5.32. The average molecular weight is 348 g/mol. The maximum absolute atomic E-state index is 9.84. The monoisotopic (exact) mass is 347 g/mol. The third-order valence-electron chi connectivity index (χ3n) is 5.07. The fourth-order valence-electron chi connectivity index (χ4n) is 4.00. The Kier molecular flexibility index (Phi) is 3.50. The van der Waals surface area contributed by atoms with E-state index in [1.807, 2.05) is 24.0 Å². The van der Waals surface area contributed by atoms with E-state index in [0.717, 1.165) is 35.4 Å². The molecule has 0 saturated carbocycles. The van der Waals surface area contributed by atoms with Crippen molar-refractivity contribution in [2.24, 2.45) is 10.4 Å². The van der Waals surface area contributed by atoms with Gasteiger partial charge in [-0.1, -0.05) is 30.7 Å². The summed E-state index contributed by atoms with van der Waals surface area (Å²) in [6.45, 7) is 2.27. The Hall–Kier alpha value is -1.39. The lowest BCUT2D eigenvalue weighted by Gasteiger charge is -2.41. The topological polar surface area (TPSA) is 52.8 Å². The standard InChI is InChI=1S/C18H18ClNO2S/c1-10-8-18-5-4-12(19)7-16(18)20-9-13(17(18)23-10)11-2-3-14(21)15(22)6-11/h2-4,6,9-10,17,21-22H,5,7-8H2,1H3. The van der Waals surface area contributed by atoms with Gasteiger partial charge >= 0.3 is 0 Å². The quantitative estimate of drug-likeness (QED) is 0.724. The van der Waals surface area contributed by atoms with E-state index in [2.05, 4.69) is 13.0 Å². The minimum atomic E-state index is -0.0936. The number of aromatic hydroxyl groups is 2. The first-order valence-electron chi connectivity index (χ1n) is 7.79. The molecule has 4 rings (SSSR count). The Morgan fingerprint density at radius 2 is 2.13 bits per heavy atom. The Balaban J connectivity index is 1.82. The molecule has 3 atom stereocenters. The number of aliphatic imine (C=N–C) groups is 1. The van der Waals surface area contributed by atoms with Crippen LogP contribution in [-0.2, 0) is 0 Å². The molecule has 0 aromatic heterocycles. The van der Waals surface area contributed by atoms with E-state index in [9.17, 15) is 10.2 Å². The molecule has 1 aromatic carbocycles. The second-order valence-electron chi connectivity index (χ2n) is 6.58. The zero-order valence-electron chi connectivity index (χ0n) is 12.8. The van der Waals surface area contributed by atoms with Crippen LogP contribution in [0.2, 0.25) is 0 Å². The molecule has 1 saturated heterocycles. The van der Waals surface area contributed by atoms with E-state index >= 15 is 0 Å². The summed E-state index contributed by atoms with van der Waals surface area (Å²) in [6.07, 6.45) is 6.83. The number of rotatable bonds is 1. The summed E-state index contributed by atoms with van der Waals surface area (Å²) < 4.78 is 0. The summed E-state index contributed by atoms with van der Waals surface area (Å²) in [4.78, 5) is 4.75. The Morgan fingerprint density at radius 3 is 2.91 bits per heavy atom. The number of benzene rings is 1. The fourth-order valence-corrected chi connectivity index (χ4v) is 5.99. The van der Waals surface area contributed by atoms with Gasteiger partial charge in [0.1, 0.15) is 0 Å². The minimum Gasteiger partial charge on any atom is -0.504 e. The van der Waals surface area contributed by atoms with Gasteiger partial charge in [0.15, 0.2) is 11.5 Å². The van der Waals surface area contributed by atoms with Gasteiger partial charge in [-0.15, -0.1) is 11.8 Å². The van der Waals surface area contributed by atoms with Crippen LogP contribution in [0.25, 0.3) is 5.57 Å². The molecule has 3 nitrogen and oxygen atoms in total. The van der Waals surface area contributed by atoms with Crippen LogP contribution in [0.15, 0.2) is 40.5 Å². The molecule has 120 valence electrons. The molecule has 2 N–H and O–H groups in total. The highest BCUT2D eigenvalue weighted by Gasteiger charge is 2.53. The van der Waals surface area contributed by atoms with Crippen molar-refractivity contribution in [2.45, 2.75) is 36.7 Å². The molecule has 1 spiro atoms. The van der Waals surface area contributed by atoms with Crippen molar-refractivity contribution in [1.29, 1.82) is 0 Å². The lowest BCUT2D eigenvalue weighted by molar-refractivity contribution is 0.403. The van der Waals surface area contributed by atoms with Crippen LogP contribution in [0, 0.1) is 5.41 Å². The zero-order chi connectivity index (χ0) is 16.2. The summed E-state index contributed by atoms with van der Waals surface area (Å²) >= 11 is 8.22. The molecule has 0 radical (unpaired) electrons. The van der Waals surface area contributed by atoms with E-state index in [1.54, 1.807) is 6.07 Å². The molecular weight excluding hydrogens is 330 g/mol. The van der Waals surface area contributed by atoms with Crippen LogP contribution in [0.1, 0.15) is 31.7 Å². The summed E-state index contributed by atoms with van der Waals surface area (Å²) in [5, 5.41) is 21.2. The summed E-state index contributed by atoms with van der Waals surface area (Å²) in [5.74, 6) is -0.182. The number of phenolic OH excluding ortho intramolecular Hbond substituents is 2. The maximum atomic E-state index is 9.84. The molecule has 1 aromatic rings. The average Bonchev–Trinajstić information content (AvgIpc) is 2.86. The van der Waals surface area contributed by atoms with E-state index < -0.39 is 0 Å². The van der Waals surface area contributed by atoms with Crippen molar-refractivity contribution in [3.63, 3.8) is 0 Å². The molecule has 5 heteroatoms. The predicted octanol–water partition coefficient (Wildman–Crippen LogP) is 4.69. The van der Waals surface area contributed by atoms with Crippen molar-refractivity contribution >= 4 is 34.6 Å². The molecule has 23 heavy (non-hydrogen) atoms. The van der Waals surface area contributed by atoms with Crippen molar-refractivity contribution in [1.82, 2.24) is 0 Å². The Morgan fingerprint density at radius 1 is 1.30 bits per heavy atom. The number of halogens is 1. The largest absolute Gasteiger partial charge is 0.504 e. The van der Waals surface area contributed by atoms with Gasteiger partial charge in [0.25, 0.3) is 0 Å². The molecular formula is C18H18ClNO2S. The van der Waals surface area contributed by atoms with Gasteiger partial charge in [-0.2, -0.15) is 0 Å². The Labute approximate surface area is 144 Å². The zero-order valence-corrected chi connectivity index (χ0v) is 14.4. The number of phenols is 2. The van der Waals surface area contributed by atoms with Gasteiger partial charge in [-0.25, -0.2) is 0 Å². The molecule has 0 bridgehead atoms. The summed E-state index contributed by atoms with van der Waals surface area (Å²) in [6, 6.07) is 5.02. The fraction of sp³-hybridized carbons (Fsp3) is 0.389. The first kappa shape index (κ1) is 15.2. The van der Waals surface area contributed by atoms with Gasteiger partial charge in [0.2, 0.25) is 0 Å². The van der Waals surface area contributed by atoms with Crippen molar-refractivity contribution in [3.8, 4) is 11.5 Å². The second-order valence-corrected chi connectivity index (χ2v) is 8.62. The summed E-state index contributed by atoms with van der Waals surface area (Å²) in [7, 11) is 0. The number of allylic oxidation sites excluding steroid dienone is 2. The highest BCUT2D eigenvalue weighted by atomic mass is 35.5. The lowest BCUT2D eigenvalue weighted by atomic mass is 9.66. The van der Waals surface area contributed by atoms with Gasteiger partial charge in [-0.3, -0.25) is 4.99 Å². The van der Waals surface area contributed by atoms with Crippen LogP contribution >= 0.6 is 23.4 Å². The highest BCUT2D eigenvalue weighted by Crippen LogP contribution is 2.59. The SMILES string of the molecule is CC1CC23CC=C(Cl)CC2=NC=C(c2ccc(O)c(O)c2)C3S1. The number of hydrogen-bond acceptors (Lipinski definition) is 4. The van der Waals surface area contributed by atoms with Crippen molar-refractivity contribution < 1.29 is 10.2 Å². The molecule has 1 aliphatic carbocycles.